The number of methoxy groups -OCH3 is 1. The topological polar surface area (TPSA) is 71.3 Å². The zero-order valence-electron chi connectivity index (χ0n) is 18.1. The highest BCUT2D eigenvalue weighted by Gasteiger charge is 2.15. The quantitative estimate of drug-likeness (QED) is 0.214. The predicted octanol–water partition coefficient (Wildman–Crippen LogP) is 7.96. The lowest BCUT2D eigenvalue weighted by Crippen LogP contribution is -2.14. The van der Waals surface area contributed by atoms with Crippen LogP contribution in [0.4, 0.5) is 5.69 Å². The third-order valence-electron chi connectivity index (χ3n) is 4.69. The minimum absolute atomic E-state index is 0.0666. The molecule has 1 N–H and O–H groups in total. The molecule has 0 aromatic heterocycles. The molecule has 0 aliphatic heterocycles. The summed E-state index contributed by atoms with van der Waals surface area (Å²) in [7, 11) is 1.51. The number of carbonyl (C=O) groups is 1. The molecular weight excluding hydrogens is 607 g/mol. The number of benzene rings is 3. The van der Waals surface area contributed by atoms with Gasteiger partial charge in [0.2, 0.25) is 0 Å². The van der Waals surface area contributed by atoms with Gasteiger partial charge in [0.25, 0.3) is 5.91 Å². The molecule has 3 aromatic carbocycles. The molecule has 0 saturated heterocycles. The predicted molar refractivity (Wildman–Crippen MR) is 143 cm³/mol. The van der Waals surface area contributed by atoms with Gasteiger partial charge in [-0.05, 0) is 92.4 Å². The number of nitrogens with one attached hydrogen (secondary N) is 1. The number of nitrogens with zero attached hydrogens (tertiary/aromatic N) is 1. The van der Waals surface area contributed by atoms with E-state index in [2.05, 4.69) is 37.2 Å². The number of carbonyl (C=O) groups excluding carboxylic acids is 1. The van der Waals surface area contributed by atoms with Crippen LogP contribution in [-0.2, 0) is 11.4 Å². The smallest absolute Gasteiger partial charge is 0.266 e. The summed E-state index contributed by atoms with van der Waals surface area (Å²) >= 11 is 19.0. The summed E-state index contributed by atoms with van der Waals surface area (Å²) in [4.78, 5) is 12.8. The third kappa shape index (κ3) is 6.55. The molecule has 0 heterocycles. The summed E-state index contributed by atoms with van der Waals surface area (Å²) in [6.07, 6.45) is 1.48. The highest BCUT2D eigenvalue weighted by Crippen LogP contribution is 2.33. The molecule has 9 heteroatoms. The van der Waals surface area contributed by atoms with Crippen molar-refractivity contribution in [3.8, 4) is 17.6 Å². The molecule has 0 spiro atoms. The van der Waals surface area contributed by atoms with Crippen molar-refractivity contribution >= 4 is 72.7 Å². The van der Waals surface area contributed by atoms with Gasteiger partial charge in [0.05, 0.1) is 12.8 Å². The molecule has 0 aliphatic carbocycles. The molecule has 5 nitrogen and oxygen atoms in total. The summed E-state index contributed by atoms with van der Waals surface area (Å²) in [5.74, 6) is 0.395. The Kier molecular flexibility index (Phi) is 9.03. The normalized spacial score (nSPS) is 11.0. The number of aryl methyl sites for hydroxylation is 1. The van der Waals surface area contributed by atoms with E-state index in [4.69, 9.17) is 32.7 Å². The number of hydrogen-bond acceptors (Lipinski definition) is 4. The Morgan fingerprint density at radius 2 is 1.79 bits per heavy atom. The monoisotopic (exact) mass is 622 g/mol. The van der Waals surface area contributed by atoms with Crippen LogP contribution in [-0.4, -0.2) is 13.0 Å². The van der Waals surface area contributed by atoms with Gasteiger partial charge in [-0.2, -0.15) is 5.26 Å². The summed E-state index contributed by atoms with van der Waals surface area (Å²) in [5, 5.41) is 13.4. The minimum atomic E-state index is -0.538. The van der Waals surface area contributed by atoms with Crippen LogP contribution in [0, 0.1) is 18.3 Å². The Bertz CT molecular complexity index is 1300. The summed E-state index contributed by atoms with van der Waals surface area (Å²) < 4.78 is 12.7. The molecule has 3 rings (SSSR count). The number of anilines is 1. The highest BCUT2D eigenvalue weighted by molar-refractivity contribution is 9.11. The molecule has 0 saturated carbocycles. The number of rotatable bonds is 7. The fraction of sp³-hybridized carbons (Fsp3) is 0.120. The van der Waals surface area contributed by atoms with Crippen LogP contribution in [0.15, 0.2) is 63.0 Å². The van der Waals surface area contributed by atoms with Crippen LogP contribution in [0.1, 0.15) is 16.7 Å². The van der Waals surface area contributed by atoms with E-state index < -0.39 is 5.91 Å². The lowest BCUT2D eigenvalue weighted by atomic mass is 10.1. The molecular formula is C25H18Br2Cl2N2O3. The molecule has 174 valence electrons. The van der Waals surface area contributed by atoms with Crippen LogP contribution in [0.25, 0.3) is 6.08 Å². The average molecular weight is 625 g/mol. The molecule has 0 aliphatic rings. The van der Waals surface area contributed by atoms with Crippen molar-refractivity contribution < 1.29 is 14.3 Å². The van der Waals surface area contributed by atoms with Crippen molar-refractivity contribution in [2.24, 2.45) is 0 Å². The second-order valence-corrected chi connectivity index (χ2v) is 9.71. The minimum Gasteiger partial charge on any atom is -0.493 e. The van der Waals surface area contributed by atoms with E-state index in [1.165, 1.54) is 13.2 Å². The Morgan fingerprint density at radius 1 is 1.09 bits per heavy atom. The third-order valence-corrected chi connectivity index (χ3v) is 6.52. The number of nitriles is 1. The molecule has 0 unspecified atom stereocenters. The second kappa shape index (κ2) is 11.8. The first-order chi connectivity index (χ1) is 16.2. The van der Waals surface area contributed by atoms with Crippen LogP contribution < -0.4 is 14.8 Å². The van der Waals surface area contributed by atoms with Crippen molar-refractivity contribution in [1.29, 1.82) is 5.26 Å². The second-order valence-electron chi connectivity index (χ2n) is 7.16. The zero-order chi connectivity index (χ0) is 24.8. The van der Waals surface area contributed by atoms with Gasteiger partial charge >= 0.3 is 0 Å². The molecule has 1 amide bonds. The summed E-state index contributed by atoms with van der Waals surface area (Å²) in [6.45, 7) is 2.15. The van der Waals surface area contributed by atoms with E-state index in [-0.39, 0.29) is 12.2 Å². The lowest BCUT2D eigenvalue weighted by Gasteiger charge is -2.13. The number of halogens is 4. The molecule has 0 radical (unpaired) electrons. The van der Waals surface area contributed by atoms with E-state index in [1.54, 1.807) is 36.4 Å². The number of amides is 1. The molecule has 0 fully saturated rings. The van der Waals surface area contributed by atoms with Crippen LogP contribution >= 0.6 is 55.1 Å². The molecule has 34 heavy (non-hydrogen) atoms. The van der Waals surface area contributed by atoms with Gasteiger partial charge in [0.15, 0.2) is 11.5 Å². The Morgan fingerprint density at radius 3 is 2.41 bits per heavy atom. The SMILES string of the molecule is COc1cc(/C=C(\C#N)C(=O)Nc2c(Br)cc(C)cc2Br)ccc1OCc1ccc(Cl)cc1Cl. The summed E-state index contributed by atoms with van der Waals surface area (Å²) in [5.41, 5.74) is 2.86. The van der Waals surface area contributed by atoms with E-state index in [1.807, 2.05) is 25.1 Å². The highest BCUT2D eigenvalue weighted by atomic mass is 79.9. The zero-order valence-corrected chi connectivity index (χ0v) is 22.8. The number of ether oxygens (including phenoxy) is 2. The maximum Gasteiger partial charge on any atom is 0.266 e. The summed E-state index contributed by atoms with van der Waals surface area (Å²) in [6, 6.07) is 16.0. The van der Waals surface area contributed by atoms with Crippen molar-refractivity contribution in [2.45, 2.75) is 13.5 Å². The lowest BCUT2D eigenvalue weighted by molar-refractivity contribution is -0.112. The van der Waals surface area contributed by atoms with Gasteiger partial charge in [-0.25, -0.2) is 0 Å². The fourth-order valence-electron chi connectivity index (χ4n) is 3.00. The van der Waals surface area contributed by atoms with Gasteiger partial charge < -0.3 is 14.8 Å². The number of hydrogen-bond donors (Lipinski definition) is 1. The molecule has 0 bridgehead atoms. The van der Waals surface area contributed by atoms with Gasteiger partial charge in [-0.15, -0.1) is 0 Å². The van der Waals surface area contributed by atoms with Gasteiger partial charge in [0, 0.05) is 24.6 Å². The first-order valence-electron chi connectivity index (χ1n) is 9.85. The molecule has 0 atom stereocenters. The van der Waals surface area contributed by atoms with Crippen molar-refractivity contribution in [3.05, 3.63) is 89.8 Å². The van der Waals surface area contributed by atoms with Crippen LogP contribution in [0.2, 0.25) is 10.0 Å². The first kappa shape index (κ1) is 26.1. The van der Waals surface area contributed by atoms with Gasteiger partial charge in [0.1, 0.15) is 18.2 Å². The van der Waals surface area contributed by atoms with E-state index >= 15 is 0 Å². The first-order valence-corrected chi connectivity index (χ1v) is 12.2. The maximum absolute atomic E-state index is 12.8. The van der Waals surface area contributed by atoms with Crippen LogP contribution in [0.5, 0.6) is 11.5 Å². The van der Waals surface area contributed by atoms with E-state index in [9.17, 15) is 10.1 Å². The van der Waals surface area contributed by atoms with E-state index in [0.717, 1.165) is 11.1 Å². The Balaban J connectivity index is 1.79. The van der Waals surface area contributed by atoms with Gasteiger partial charge in [-0.3, -0.25) is 4.79 Å². The van der Waals surface area contributed by atoms with Crippen molar-refractivity contribution in [2.75, 3.05) is 12.4 Å². The fourth-order valence-corrected chi connectivity index (χ4v) is 5.08. The van der Waals surface area contributed by atoms with Crippen LogP contribution in [0.3, 0.4) is 0 Å². The maximum atomic E-state index is 12.8. The van der Waals surface area contributed by atoms with E-state index in [0.29, 0.717) is 41.7 Å². The standard InChI is InChI=1S/C25H18Br2Cl2N2O3/c1-14-7-19(26)24(20(27)8-14)31-25(32)17(12-30)9-15-3-6-22(23(10-15)33-2)34-13-16-4-5-18(28)11-21(16)29/h3-11H,13H2,1-2H3,(H,31,32)/b17-9+. The van der Waals surface area contributed by atoms with Crippen molar-refractivity contribution in [3.63, 3.8) is 0 Å². The largest absolute Gasteiger partial charge is 0.493 e. The Labute approximate surface area is 224 Å². The van der Waals surface area contributed by atoms with Crippen molar-refractivity contribution in [1.82, 2.24) is 0 Å². The molecule has 3 aromatic rings. The Hall–Kier alpha value is -2.50. The average Bonchev–Trinajstić information content (AvgIpc) is 2.79. The van der Waals surface area contributed by atoms with Gasteiger partial charge in [-0.1, -0.05) is 35.3 Å².